The van der Waals surface area contributed by atoms with Gasteiger partial charge in [0.2, 0.25) is 0 Å². The fourth-order valence-electron chi connectivity index (χ4n) is 2.62. The smallest absolute Gasteiger partial charge is 0.251 e. The van der Waals surface area contributed by atoms with Crippen LogP contribution in [0, 0.1) is 5.92 Å². The minimum atomic E-state index is -0.295. The maximum absolute atomic E-state index is 12.1. The number of aliphatic hydroxyl groups excluding tert-OH is 1. The average molecular weight is 297 g/mol. The molecule has 1 amide bonds. The summed E-state index contributed by atoms with van der Waals surface area (Å²) >= 11 is 5.91. The molecule has 0 aromatic carbocycles. The van der Waals surface area contributed by atoms with Gasteiger partial charge in [0.25, 0.3) is 5.91 Å². The molecule has 0 bridgehead atoms. The summed E-state index contributed by atoms with van der Waals surface area (Å²) in [5, 5.41) is 13.1. The van der Waals surface area contributed by atoms with Crippen LogP contribution >= 0.6 is 11.6 Å². The van der Waals surface area contributed by atoms with Crippen molar-refractivity contribution in [1.29, 1.82) is 0 Å². The van der Waals surface area contributed by atoms with Gasteiger partial charge in [-0.15, -0.1) is 0 Å². The first-order chi connectivity index (χ1) is 9.60. The van der Waals surface area contributed by atoms with Crippen molar-refractivity contribution in [2.24, 2.45) is 5.92 Å². The zero-order valence-electron chi connectivity index (χ0n) is 11.7. The van der Waals surface area contributed by atoms with E-state index < -0.39 is 0 Å². The number of amides is 1. The van der Waals surface area contributed by atoms with Crippen LogP contribution in [0.15, 0.2) is 12.1 Å². The van der Waals surface area contributed by atoms with Crippen molar-refractivity contribution < 1.29 is 9.90 Å². The fraction of sp³-hybridized carbons (Fsp3) is 0.600. The largest absolute Gasteiger partial charge is 0.393 e. The van der Waals surface area contributed by atoms with Crippen molar-refractivity contribution in [3.05, 3.63) is 28.5 Å². The Morgan fingerprint density at radius 2 is 2.20 bits per heavy atom. The third-order valence-corrected chi connectivity index (χ3v) is 4.06. The van der Waals surface area contributed by atoms with E-state index in [2.05, 4.69) is 10.3 Å². The van der Waals surface area contributed by atoms with Gasteiger partial charge in [0.05, 0.1) is 6.10 Å². The molecule has 2 N–H and O–H groups in total. The van der Waals surface area contributed by atoms with Gasteiger partial charge in [0.1, 0.15) is 5.15 Å². The van der Waals surface area contributed by atoms with E-state index in [0.29, 0.717) is 17.3 Å². The first-order valence-electron chi connectivity index (χ1n) is 7.23. The van der Waals surface area contributed by atoms with Gasteiger partial charge in [-0.2, -0.15) is 0 Å². The molecule has 1 heterocycles. The van der Waals surface area contributed by atoms with Crippen LogP contribution in [0.3, 0.4) is 0 Å². The Kier molecular flexibility index (Phi) is 5.38. The zero-order valence-corrected chi connectivity index (χ0v) is 12.5. The first-order valence-corrected chi connectivity index (χ1v) is 7.60. The summed E-state index contributed by atoms with van der Waals surface area (Å²) in [5.41, 5.74) is 1.34. The molecular weight excluding hydrogens is 276 g/mol. The topological polar surface area (TPSA) is 62.2 Å². The highest BCUT2D eigenvalue weighted by Gasteiger charge is 2.23. The highest BCUT2D eigenvalue weighted by atomic mass is 35.5. The molecule has 0 radical (unpaired) electrons. The number of aliphatic hydroxyl groups is 1. The Morgan fingerprint density at radius 1 is 1.45 bits per heavy atom. The summed E-state index contributed by atoms with van der Waals surface area (Å²) in [6.45, 7) is 2.49. The molecule has 0 spiro atoms. The molecule has 1 aromatic heterocycles. The minimum Gasteiger partial charge on any atom is -0.393 e. The zero-order chi connectivity index (χ0) is 14.5. The molecule has 0 saturated heterocycles. The van der Waals surface area contributed by atoms with Crippen molar-refractivity contribution in [3.8, 4) is 0 Å². The number of aromatic nitrogens is 1. The van der Waals surface area contributed by atoms with E-state index >= 15 is 0 Å². The van der Waals surface area contributed by atoms with E-state index in [9.17, 15) is 9.90 Å². The summed E-state index contributed by atoms with van der Waals surface area (Å²) in [5.74, 6) is 0.0115. The third-order valence-electron chi connectivity index (χ3n) is 3.87. The molecule has 1 fully saturated rings. The number of nitrogens with zero attached hydrogens (tertiary/aromatic N) is 1. The van der Waals surface area contributed by atoms with Gasteiger partial charge in [-0.1, -0.05) is 31.4 Å². The summed E-state index contributed by atoms with van der Waals surface area (Å²) in [6.07, 6.45) is 4.45. The van der Waals surface area contributed by atoms with Gasteiger partial charge in [0.15, 0.2) is 0 Å². The number of carbonyl (C=O) groups is 1. The molecule has 2 atom stereocenters. The Hall–Kier alpha value is -1.13. The molecule has 1 saturated carbocycles. The average Bonchev–Trinajstić information content (AvgIpc) is 2.45. The van der Waals surface area contributed by atoms with Crippen LogP contribution in [0.5, 0.6) is 0 Å². The summed E-state index contributed by atoms with van der Waals surface area (Å²) in [7, 11) is 0. The monoisotopic (exact) mass is 296 g/mol. The highest BCUT2D eigenvalue weighted by molar-refractivity contribution is 6.29. The second-order valence-corrected chi connectivity index (χ2v) is 5.73. The Balaban J connectivity index is 1.96. The molecular formula is C15H21ClN2O2. The molecule has 1 aliphatic rings. The van der Waals surface area contributed by atoms with Gasteiger partial charge < -0.3 is 10.4 Å². The van der Waals surface area contributed by atoms with Crippen LogP contribution in [0.4, 0.5) is 0 Å². The lowest BCUT2D eigenvalue weighted by atomic mass is 9.86. The Morgan fingerprint density at radius 3 is 2.90 bits per heavy atom. The predicted molar refractivity (Wildman–Crippen MR) is 78.9 cm³/mol. The quantitative estimate of drug-likeness (QED) is 0.840. The van der Waals surface area contributed by atoms with Crippen molar-refractivity contribution in [2.45, 2.75) is 45.1 Å². The standard InChI is InChI=1S/C15H21ClN2O2/c1-2-12-7-11(8-14(16)18-12)15(20)17-9-10-5-3-4-6-13(10)19/h7-8,10,13,19H,2-6,9H2,1H3,(H,17,20). The van der Waals surface area contributed by atoms with Crippen LogP contribution in [0.25, 0.3) is 0 Å². The first kappa shape index (κ1) is 15.3. The van der Waals surface area contributed by atoms with Crippen LogP contribution in [-0.4, -0.2) is 28.6 Å². The van der Waals surface area contributed by atoms with E-state index in [1.165, 1.54) is 0 Å². The van der Waals surface area contributed by atoms with E-state index in [-0.39, 0.29) is 17.9 Å². The molecule has 1 aliphatic carbocycles. The van der Waals surface area contributed by atoms with Crippen LogP contribution < -0.4 is 5.32 Å². The number of hydrogen-bond donors (Lipinski definition) is 2. The number of pyridine rings is 1. The van der Waals surface area contributed by atoms with Crippen molar-refractivity contribution in [2.75, 3.05) is 6.54 Å². The van der Waals surface area contributed by atoms with E-state index in [1.807, 2.05) is 6.92 Å². The lowest BCUT2D eigenvalue weighted by Gasteiger charge is -2.27. The Bertz CT molecular complexity index is 479. The second-order valence-electron chi connectivity index (χ2n) is 5.35. The van der Waals surface area contributed by atoms with Crippen LogP contribution in [0.2, 0.25) is 5.15 Å². The van der Waals surface area contributed by atoms with Crippen LogP contribution in [-0.2, 0) is 6.42 Å². The van der Waals surface area contributed by atoms with Gasteiger partial charge >= 0.3 is 0 Å². The second kappa shape index (κ2) is 7.04. The summed E-state index contributed by atoms with van der Waals surface area (Å²) in [4.78, 5) is 16.3. The number of halogens is 1. The highest BCUT2D eigenvalue weighted by Crippen LogP contribution is 2.23. The predicted octanol–water partition coefficient (Wildman–Crippen LogP) is 2.58. The Labute approximate surface area is 124 Å². The molecule has 20 heavy (non-hydrogen) atoms. The number of rotatable bonds is 4. The summed E-state index contributed by atoms with van der Waals surface area (Å²) in [6, 6.07) is 3.34. The molecule has 110 valence electrons. The van der Waals surface area contributed by atoms with E-state index in [0.717, 1.165) is 37.8 Å². The molecule has 2 unspecified atom stereocenters. The molecule has 2 rings (SSSR count). The van der Waals surface area contributed by atoms with Crippen molar-refractivity contribution in [1.82, 2.24) is 10.3 Å². The SMILES string of the molecule is CCc1cc(C(=O)NCC2CCCCC2O)cc(Cl)n1. The van der Waals surface area contributed by atoms with E-state index in [1.54, 1.807) is 12.1 Å². The normalized spacial score (nSPS) is 22.6. The lowest BCUT2D eigenvalue weighted by molar-refractivity contribution is 0.0663. The molecule has 4 nitrogen and oxygen atoms in total. The van der Waals surface area contributed by atoms with Gasteiger partial charge in [-0.3, -0.25) is 4.79 Å². The van der Waals surface area contributed by atoms with Gasteiger partial charge in [-0.25, -0.2) is 4.98 Å². The number of hydrogen-bond acceptors (Lipinski definition) is 3. The molecule has 5 heteroatoms. The fourth-order valence-corrected chi connectivity index (χ4v) is 2.84. The maximum atomic E-state index is 12.1. The maximum Gasteiger partial charge on any atom is 0.251 e. The van der Waals surface area contributed by atoms with Crippen molar-refractivity contribution >= 4 is 17.5 Å². The number of aryl methyl sites for hydroxylation is 1. The molecule has 1 aromatic rings. The number of carbonyl (C=O) groups excluding carboxylic acids is 1. The third kappa shape index (κ3) is 3.93. The van der Waals surface area contributed by atoms with Crippen LogP contribution in [0.1, 0.15) is 48.7 Å². The minimum absolute atomic E-state index is 0.151. The molecule has 0 aliphatic heterocycles. The number of nitrogens with one attached hydrogen (secondary N) is 1. The lowest BCUT2D eigenvalue weighted by Crippen LogP contribution is -2.36. The summed E-state index contributed by atoms with van der Waals surface area (Å²) < 4.78 is 0. The van der Waals surface area contributed by atoms with Gasteiger partial charge in [0, 0.05) is 23.7 Å². The van der Waals surface area contributed by atoms with E-state index in [4.69, 9.17) is 11.6 Å². The van der Waals surface area contributed by atoms with Crippen molar-refractivity contribution in [3.63, 3.8) is 0 Å². The van der Waals surface area contributed by atoms with Gasteiger partial charge in [-0.05, 0) is 31.4 Å².